The van der Waals surface area contributed by atoms with E-state index in [4.69, 9.17) is 4.74 Å². The van der Waals surface area contributed by atoms with Crippen LogP contribution in [0.25, 0.3) is 0 Å². The summed E-state index contributed by atoms with van der Waals surface area (Å²) >= 11 is 0. The molecule has 0 atom stereocenters. The van der Waals surface area contributed by atoms with Crippen LogP contribution >= 0.6 is 0 Å². The van der Waals surface area contributed by atoms with Crippen molar-refractivity contribution in [2.75, 3.05) is 6.61 Å². The highest BCUT2D eigenvalue weighted by Gasteiger charge is 2.13. The number of hydrogen-bond acceptors (Lipinski definition) is 2. The number of ether oxygens (including phenoxy) is 1. The minimum Gasteiger partial charge on any atom is -0.486 e. The SMILES string of the molecule is CCCCCCCCCCC.O=CCOc1cccc2c1CCCC2. The van der Waals surface area contributed by atoms with Crippen LogP contribution in [0.3, 0.4) is 0 Å². The molecule has 1 aromatic carbocycles. The highest BCUT2D eigenvalue weighted by Crippen LogP contribution is 2.29. The Bertz CT molecular complexity index is 445. The molecule has 0 amide bonds. The molecule has 2 nitrogen and oxygen atoms in total. The predicted molar refractivity (Wildman–Crippen MR) is 108 cm³/mol. The first-order valence-electron chi connectivity index (χ1n) is 10.5. The Labute approximate surface area is 155 Å². The van der Waals surface area contributed by atoms with Gasteiger partial charge in [-0.3, -0.25) is 4.79 Å². The third-order valence-electron chi connectivity index (χ3n) is 4.87. The molecule has 2 rings (SSSR count). The van der Waals surface area contributed by atoms with E-state index in [-0.39, 0.29) is 6.61 Å². The van der Waals surface area contributed by atoms with Gasteiger partial charge in [0.1, 0.15) is 12.4 Å². The summed E-state index contributed by atoms with van der Waals surface area (Å²) in [6, 6.07) is 6.11. The monoisotopic (exact) mass is 346 g/mol. The van der Waals surface area contributed by atoms with E-state index in [9.17, 15) is 4.79 Å². The zero-order chi connectivity index (χ0) is 18.2. The lowest BCUT2D eigenvalue weighted by atomic mass is 9.91. The van der Waals surface area contributed by atoms with E-state index in [0.717, 1.165) is 24.9 Å². The van der Waals surface area contributed by atoms with Gasteiger partial charge in [-0.05, 0) is 42.9 Å². The van der Waals surface area contributed by atoms with Gasteiger partial charge in [-0.15, -0.1) is 0 Å². The van der Waals surface area contributed by atoms with Gasteiger partial charge in [0.05, 0.1) is 0 Å². The Morgan fingerprint density at radius 1 is 0.880 bits per heavy atom. The molecule has 0 spiro atoms. The molecule has 0 heterocycles. The first-order chi connectivity index (χ1) is 12.3. The summed E-state index contributed by atoms with van der Waals surface area (Å²) in [4.78, 5) is 10.2. The number of unbranched alkanes of at least 4 members (excludes halogenated alkanes) is 8. The van der Waals surface area contributed by atoms with Crippen molar-refractivity contribution in [3.8, 4) is 5.75 Å². The van der Waals surface area contributed by atoms with Crippen LogP contribution in [0.5, 0.6) is 5.75 Å². The predicted octanol–water partition coefficient (Wildman–Crippen LogP) is 6.68. The molecule has 0 unspecified atom stereocenters. The third-order valence-corrected chi connectivity index (χ3v) is 4.87. The van der Waals surface area contributed by atoms with E-state index in [1.807, 2.05) is 12.1 Å². The number of aryl methyl sites for hydroxylation is 1. The van der Waals surface area contributed by atoms with Crippen molar-refractivity contribution in [1.29, 1.82) is 0 Å². The van der Waals surface area contributed by atoms with Gasteiger partial charge in [0, 0.05) is 0 Å². The smallest absolute Gasteiger partial charge is 0.157 e. The summed E-state index contributed by atoms with van der Waals surface area (Å²) in [6.07, 6.45) is 18.5. The van der Waals surface area contributed by atoms with Crippen molar-refractivity contribution in [3.63, 3.8) is 0 Å². The lowest BCUT2D eigenvalue weighted by Gasteiger charge is -2.18. The standard InChI is InChI=1S/C12H14O2.C11H24/c13-8-9-14-12-7-3-5-10-4-1-2-6-11(10)12;1-3-5-7-9-11-10-8-6-4-2/h3,5,7-8H,1-2,4,6,9H2;3-11H2,1-2H3. The van der Waals surface area contributed by atoms with Crippen LogP contribution < -0.4 is 4.74 Å². The van der Waals surface area contributed by atoms with Crippen LogP contribution in [0.15, 0.2) is 18.2 Å². The first-order valence-corrected chi connectivity index (χ1v) is 10.5. The molecule has 1 aromatic rings. The number of rotatable bonds is 11. The van der Waals surface area contributed by atoms with Gasteiger partial charge in [0.15, 0.2) is 6.29 Å². The molecule has 0 fully saturated rings. The van der Waals surface area contributed by atoms with E-state index in [0.29, 0.717) is 0 Å². The quantitative estimate of drug-likeness (QED) is 0.330. The van der Waals surface area contributed by atoms with Crippen LogP contribution in [0.4, 0.5) is 0 Å². The second-order valence-corrected chi connectivity index (χ2v) is 7.05. The largest absolute Gasteiger partial charge is 0.486 e. The minimum atomic E-state index is 0.163. The maximum absolute atomic E-state index is 10.2. The van der Waals surface area contributed by atoms with E-state index in [1.165, 1.54) is 81.8 Å². The van der Waals surface area contributed by atoms with Crippen LogP contribution in [0.1, 0.15) is 95.6 Å². The van der Waals surface area contributed by atoms with Crippen LogP contribution in [-0.4, -0.2) is 12.9 Å². The number of carbonyl (C=O) groups excluding carboxylic acids is 1. The molecule has 0 saturated carbocycles. The molecule has 0 aliphatic heterocycles. The average Bonchev–Trinajstić information content (AvgIpc) is 2.66. The summed E-state index contributed by atoms with van der Waals surface area (Å²) in [6.45, 7) is 4.71. The molecular weight excluding hydrogens is 308 g/mol. The van der Waals surface area contributed by atoms with Gasteiger partial charge in [0.25, 0.3) is 0 Å². The minimum absolute atomic E-state index is 0.163. The summed E-state index contributed by atoms with van der Waals surface area (Å²) in [7, 11) is 0. The topological polar surface area (TPSA) is 26.3 Å². The lowest BCUT2D eigenvalue weighted by molar-refractivity contribution is -0.109. The summed E-state index contributed by atoms with van der Waals surface area (Å²) in [5.41, 5.74) is 2.69. The highest BCUT2D eigenvalue weighted by molar-refractivity contribution is 5.52. The summed E-state index contributed by atoms with van der Waals surface area (Å²) < 4.78 is 5.39. The van der Waals surface area contributed by atoms with Gasteiger partial charge in [-0.2, -0.15) is 0 Å². The number of fused-ring (bicyclic) bond motifs is 1. The number of aldehydes is 1. The highest BCUT2D eigenvalue weighted by atomic mass is 16.5. The van der Waals surface area contributed by atoms with Gasteiger partial charge in [-0.1, -0.05) is 83.8 Å². The molecule has 0 aromatic heterocycles. The van der Waals surface area contributed by atoms with Gasteiger partial charge >= 0.3 is 0 Å². The zero-order valence-corrected chi connectivity index (χ0v) is 16.5. The molecule has 0 saturated heterocycles. The number of carbonyl (C=O) groups is 1. The molecule has 1 aliphatic rings. The molecule has 0 radical (unpaired) electrons. The van der Waals surface area contributed by atoms with Gasteiger partial charge in [0.2, 0.25) is 0 Å². The third kappa shape index (κ3) is 9.67. The molecule has 2 heteroatoms. The Kier molecular flexibility index (Phi) is 13.0. The normalized spacial score (nSPS) is 12.7. The van der Waals surface area contributed by atoms with E-state index < -0.39 is 0 Å². The summed E-state index contributed by atoms with van der Waals surface area (Å²) in [5, 5.41) is 0. The van der Waals surface area contributed by atoms with E-state index in [2.05, 4.69) is 19.9 Å². The zero-order valence-electron chi connectivity index (χ0n) is 16.5. The average molecular weight is 347 g/mol. The maximum atomic E-state index is 10.2. The second-order valence-electron chi connectivity index (χ2n) is 7.05. The van der Waals surface area contributed by atoms with E-state index >= 15 is 0 Å². The lowest BCUT2D eigenvalue weighted by Crippen LogP contribution is -2.07. The van der Waals surface area contributed by atoms with Crippen molar-refractivity contribution < 1.29 is 9.53 Å². The molecule has 0 N–H and O–H groups in total. The number of hydrogen-bond donors (Lipinski definition) is 0. The van der Waals surface area contributed by atoms with Crippen molar-refractivity contribution in [1.82, 2.24) is 0 Å². The summed E-state index contributed by atoms with van der Waals surface area (Å²) in [5.74, 6) is 0.898. The first kappa shape index (κ1) is 21.7. The Morgan fingerprint density at radius 3 is 2.08 bits per heavy atom. The van der Waals surface area contributed by atoms with Crippen molar-refractivity contribution in [2.24, 2.45) is 0 Å². The molecular formula is C23H38O2. The molecule has 1 aliphatic carbocycles. The van der Waals surface area contributed by atoms with Crippen molar-refractivity contribution >= 4 is 6.29 Å². The van der Waals surface area contributed by atoms with Crippen LogP contribution in [0, 0.1) is 0 Å². The molecule has 0 bridgehead atoms. The molecule has 142 valence electrons. The second kappa shape index (κ2) is 15.0. The van der Waals surface area contributed by atoms with E-state index in [1.54, 1.807) is 0 Å². The van der Waals surface area contributed by atoms with Crippen molar-refractivity contribution in [3.05, 3.63) is 29.3 Å². The van der Waals surface area contributed by atoms with Crippen LogP contribution in [0.2, 0.25) is 0 Å². The number of benzene rings is 1. The fourth-order valence-corrected chi connectivity index (χ4v) is 3.39. The molecule has 25 heavy (non-hydrogen) atoms. The van der Waals surface area contributed by atoms with Crippen molar-refractivity contribution in [2.45, 2.75) is 97.3 Å². The van der Waals surface area contributed by atoms with Gasteiger partial charge < -0.3 is 4.74 Å². The fourth-order valence-electron chi connectivity index (χ4n) is 3.39. The van der Waals surface area contributed by atoms with Gasteiger partial charge in [-0.25, -0.2) is 0 Å². The van der Waals surface area contributed by atoms with Crippen LogP contribution in [-0.2, 0) is 17.6 Å². The Hall–Kier alpha value is -1.31. The maximum Gasteiger partial charge on any atom is 0.157 e. The Balaban J connectivity index is 0.000000260. The Morgan fingerprint density at radius 2 is 1.48 bits per heavy atom. The fraction of sp³-hybridized carbons (Fsp3) is 0.696.